The summed E-state index contributed by atoms with van der Waals surface area (Å²) < 4.78 is 1.01. The van der Waals surface area contributed by atoms with Gasteiger partial charge in [0, 0.05) is 34.3 Å². The molecule has 0 bridgehead atoms. The van der Waals surface area contributed by atoms with Gasteiger partial charge >= 0.3 is 0 Å². The van der Waals surface area contributed by atoms with Crippen LogP contribution in [0, 0.1) is 6.92 Å². The number of carbonyl (C=O) groups is 1. The fourth-order valence-electron chi connectivity index (χ4n) is 2.06. The quantitative estimate of drug-likeness (QED) is 0.761. The van der Waals surface area contributed by atoms with E-state index in [-0.39, 0.29) is 5.91 Å². The number of halogens is 1. The minimum atomic E-state index is -0.199. The number of hydrogen-bond acceptors (Lipinski definition) is 4. The largest absolute Gasteiger partial charge is 0.322 e. The Morgan fingerprint density at radius 1 is 1.09 bits per heavy atom. The summed E-state index contributed by atoms with van der Waals surface area (Å²) >= 11 is 3.44. The Morgan fingerprint density at radius 3 is 2.52 bits per heavy atom. The van der Waals surface area contributed by atoms with Crippen molar-refractivity contribution < 1.29 is 4.79 Å². The summed E-state index contributed by atoms with van der Waals surface area (Å²) in [6.45, 7) is 1.97. The number of benzene rings is 1. The topological polar surface area (TPSA) is 67.8 Å². The van der Waals surface area contributed by atoms with Crippen molar-refractivity contribution in [1.82, 2.24) is 15.0 Å². The third-order valence-electron chi connectivity index (χ3n) is 3.30. The maximum atomic E-state index is 12.3. The van der Waals surface area contributed by atoms with Crippen LogP contribution in [0.5, 0.6) is 0 Å². The van der Waals surface area contributed by atoms with Crippen LogP contribution in [0.3, 0.4) is 0 Å². The van der Waals surface area contributed by atoms with E-state index in [1.165, 1.54) is 6.33 Å². The van der Waals surface area contributed by atoms with Gasteiger partial charge in [-0.3, -0.25) is 9.78 Å². The van der Waals surface area contributed by atoms with Crippen LogP contribution < -0.4 is 5.32 Å². The molecule has 0 unspecified atom stereocenters. The van der Waals surface area contributed by atoms with Crippen molar-refractivity contribution in [2.75, 3.05) is 5.32 Å². The molecule has 6 heteroatoms. The van der Waals surface area contributed by atoms with E-state index in [0.29, 0.717) is 5.56 Å². The zero-order chi connectivity index (χ0) is 16.2. The van der Waals surface area contributed by atoms with Crippen LogP contribution >= 0.6 is 15.9 Å². The van der Waals surface area contributed by atoms with E-state index in [1.54, 1.807) is 30.7 Å². The lowest BCUT2D eigenvalue weighted by Gasteiger charge is -2.07. The molecule has 0 atom stereocenters. The highest BCUT2D eigenvalue weighted by molar-refractivity contribution is 9.10. The molecule has 2 aromatic heterocycles. The number of aromatic nitrogens is 3. The van der Waals surface area contributed by atoms with Crippen molar-refractivity contribution >= 4 is 27.5 Å². The molecule has 0 aliphatic rings. The Hall–Kier alpha value is -2.60. The molecule has 5 nitrogen and oxygen atoms in total. The second kappa shape index (κ2) is 6.66. The minimum absolute atomic E-state index is 0.199. The Bertz CT molecular complexity index is 835. The summed E-state index contributed by atoms with van der Waals surface area (Å²) in [5, 5.41) is 2.86. The van der Waals surface area contributed by atoms with Gasteiger partial charge in [0.25, 0.3) is 5.91 Å². The van der Waals surface area contributed by atoms with E-state index < -0.39 is 0 Å². The zero-order valence-electron chi connectivity index (χ0n) is 12.3. The number of aryl methyl sites for hydroxylation is 1. The van der Waals surface area contributed by atoms with Crippen LogP contribution in [-0.4, -0.2) is 20.9 Å². The van der Waals surface area contributed by atoms with E-state index in [0.717, 1.165) is 27.0 Å². The van der Waals surface area contributed by atoms with Gasteiger partial charge in [0.15, 0.2) is 0 Å². The highest BCUT2D eigenvalue weighted by atomic mass is 79.9. The third kappa shape index (κ3) is 3.60. The number of anilines is 1. The van der Waals surface area contributed by atoms with Crippen molar-refractivity contribution in [2.45, 2.75) is 6.92 Å². The lowest BCUT2D eigenvalue weighted by atomic mass is 10.1. The first-order valence-corrected chi connectivity index (χ1v) is 7.72. The molecule has 0 saturated carbocycles. The molecule has 3 aromatic rings. The van der Waals surface area contributed by atoms with Crippen molar-refractivity contribution in [1.29, 1.82) is 0 Å². The number of hydrogen-bond donors (Lipinski definition) is 1. The van der Waals surface area contributed by atoms with Crippen LogP contribution in [0.2, 0.25) is 0 Å². The van der Waals surface area contributed by atoms with E-state index in [4.69, 9.17) is 0 Å². The monoisotopic (exact) mass is 368 g/mol. The van der Waals surface area contributed by atoms with Gasteiger partial charge in [-0.25, -0.2) is 9.97 Å². The highest BCUT2D eigenvalue weighted by Gasteiger charge is 2.08. The molecule has 114 valence electrons. The number of nitrogens with zero attached hydrogens (tertiary/aromatic N) is 3. The van der Waals surface area contributed by atoms with E-state index >= 15 is 0 Å². The molecule has 0 radical (unpaired) electrons. The Labute approximate surface area is 142 Å². The molecule has 0 spiro atoms. The molecule has 0 saturated heterocycles. The lowest BCUT2D eigenvalue weighted by molar-refractivity contribution is 0.102. The summed E-state index contributed by atoms with van der Waals surface area (Å²) in [5.74, 6) is -0.199. The predicted molar refractivity (Wildman–Crippen MR) is 92.1 cm³/mol. The van der Waals surface area contributed by atoms with Crippen molar-refractivity contribution in [2.24, 2.45) is 0 Å². The van der Waals surface area contributed by atoms with Crippen LogP contribution in [0.25, 0.3) is 11.3 Å². The number of rotatable bonds is 3. The van der Waals surface area contributed by atoms with E-state index in [2.05, 4.69) is 36.2 Å². The van der Waals surface area contributed by atoms with Crippen molar-refractivity contribution in [3.63, 3.8) is 0 Å². The minimum Gasteiger partial charge on any atom is -0.322 e. The number of nitrogens with one attached hydrogen (secondary N) is 1. The summed E-state index contributed by atoms with van der Waals surface area (Å²) in [6.07, 6.45) is 6.37. The molecule has 3 rings (SSSR count). The number of pyridine rings is 1. The second-order valence-corrected chi connectivity index (χ2v) is 5.83. The third-order valence-corrected chi connectivity index (χ3v) is 4.19. The second-order valence-electron chi connectivity index (χ2n) is 4.98. The first-order chi connectivity index (χ1) is 11.1. The average Bonchev–Trinajstić information content (AvgIpc) is 2.59. The van der Waals surface area contributed by atoms with Crippen LogP contribution in [0.1, 0.15) is 15.9 Å². The summed E-state index contributed by atoms with van der Waals surface area (Å²) in [5.41, 5.74) is 3.83. The molecule has 0 aliphatic carbocycles. The molecular formula is C17H13BrN4O. The fraction of sp³-hybridized carbons (Fsp3) is 0.0588. The Morgan fingerprint density at radius 2 is 1.87 bits per heavy atom. The van der Waals surface area contributed by atoms with Gasteiger partial charge in [0.2, 0.25) is 0 Å². The molecule has 2 heterocycles. The maximum Gasteiger partial charge on any atom is 0.257 e. The molecule has 1 N–H and O–H groups in total. The molecular weight excluding hydrogens is 356 g/mol. The smallest absolute Gasteiger partial charge is 0.257 e. The molecule has 1 amide bonds. The molecule has 23 heavy (non-hydrogen) atoms. The van der Waals surface area contributed by atoms with Gasteiger partial charge in [0.05, 0.1) is 11.3 Å². The van der Waals surface area contributed by atoms with Gasteiger partial charge in [0.1, 0.15) is 6.33 Å². The van der Waals surface area contributed by atoms with E-state index in [9.17, 15) is 4.79 Å². The molecule has 1 aromatic carbocycles. The molecule has 0 fully saturated rings. The standard InChI is InChI=1S/C17H13BrN4O/c1-11-6-14(3-4-15(11)18)22-17(23)12-2-5-16(21-9-12)13-7-19-10-20-8-13/h2-10H,1H3,(H,22,23). The highest BCUT2D eigenvalue weighted by Crippen LogP contribution is 2.21. The summed E-state index contributed by atoms with van der Waals surface area (Å²) in [4.78, 5) is 24.5. The van der Waals surface area contributed by atoms with Crippen LogP contribution in [0.4, 0.5) is 5.69 Å². The molecule has 0 aliphatic heterocycles. The predicted octanol–water partition coefficient (Wildman–Crippen LogP) is 3.86. The van der Waals surface area contributed by atoms with Gasteiger partial charge in [-0.05, 0) is 42.8 Å². The van der Waals surface area contributed by atoms with Gasteiger partial charge in [-0.1, -0.05) is 15.9 Å². The van der Waals surface area contributed by atoms with E-state index in [1.807, 2.05) is 25.1 Å². The maximum absolute atomic E-state index is 12.3. The number of amides is 1. The zero-order valence-corrected chi connectivity index (χ0v) is 13.9. The van der Waals surface area contributed by atoms with Gasteiger partial charge < -0.3 is 5.32 Å². The van der Waals surface area contributed by atoms with Gasteiger partial charge in [-0.2, -0.15) is 0 Å². The normalized spacial score (nSPS) is 10.3. The van der Waals surface area contributed by atoms with Crippen LogP contribution in [0.15, 0.2) is 59.7 Å². The van der Waals surface area contributed by atoms with Crippen LogP contribution in [-0.2, 0) is 0 Å². The van der Waals surface area contributed by atoms with Crippen molar-refractivity contribution in [3.05, 3.63) is 70.8 Å². The lowest BCUT2D eigenvalue weighted by Crippen LogP contribution is -2.12. The van der Waals surface area contributed by atoms with Crippen molar-refractivity contribution in [3.8, 4) is 11.3 Å². The SMILES string of the molecule is Cc1cc(NC(=O)c2ccc(-c3cncnc3)nc2)ccc1Br. The Kier molecular flexibility index (Phi) is 4.43. The Balaban J connectivity index is 1.76. The van der Waals surface area contributed by atoms with Gasteiger partial charge in [-0.15, -0.1) is 0 Å². The average molecular weight is 369 g/mol. The summed E-state index contributed by atoms with van der Waals surface area (Å²) in [6, 6.07) is 9.17. The number of carbonyl (C=O) groups excluding carboxylic acids is 1. The first-order valence-electron chi connectivity index (χ1n) is 6.92. The first kappa shape index (κ1) is 15.3. The fourth-order valence-corrected chi connectivity index (χ4v) is 2.30. The summed E-state index contributed by atoms with van der Waals surface area (Å²) in [7, 11) is 0.